The number of nitrogens with zero attached hydrogens (tertiary/aromatic N) is 3. The van der Waals surface area contributed by atoms with E-state index in [1.807, 2.05) is 18.2 Å². The Hall–Kier alpha value is -2.03. The molecule has 0 saturated carbocycles. The third-order valence-electron chi connectivity index (χ3n) is 5.11. The van der Waals surface area contributed by atoms with Gasteiger partial charge in [-0.15, -0.1) is 0 Å². The number of ether oxygens (including phenoxy) is 2. The van der Waals surface area contributed by atoms with E-state index >= 15 is 0 Å². The van der Waals surface area contributed by atoms with E-state index in [1.54, 1.807) is 12.0 Å². The van der Waals surface area contributed by atoms with Gasteiger partial charge in [0.1, 0.15) is 12.7 Å². The number of nitrogens with two attached hydrogens (primary N) is 1. The molecule has 1 fully saturated rings. The van der Waals surface area contributed by atoms with Gasteiger partial charge < -0.3 is 30.1 Å². The van der Waals surface area contributed by atoms with Gasteiger partial charge in [0.15, 0.2) is 11.5 Å². The number of carbonyl (C=O) groups excluding carboxylic acids is 1. The number of benzene rings is 1. The van der Waals surface area contributed by atoms with Crippen LogP contribution in [0.1, 0.15) is 19.4 Å². The monoisotopic (exact) mass is 394 g/mol. The van der Waals surface area contributed by atoms with Crippen molar-refractivity contribution in [3.05, 3.63) is 23.8 Å². The summed E-state index contributed by atoms with van der Waals surface area (Å²) in [6.07, 6.45) is -0.550. The minimum atomic E-state index is -0.550. The van der Waals surface area contributed by atoms with Crippen LogP contribution in [0.25, 0.3) is 0 Å². The van der Waals surface area contributed by atoms with Crippen LogP contribution in [0.2, 0.25) is 0 Å². The molecule has 2 rings (SSSR count). The van der Waals surface area contributed by atoms with Crippen molar-refractivity contribution in [1.29, 1.82) is 0 Å². The van der Waals surface area contributed by atoms with Gasteiger partial charge in [0, 0.05) is 39.3 Å². The van der Waals surface area contributed by atoms with Crippen LogP contribution in [0.4, 0.5) is 4.79 Å². The third kappa shape index (κ3) is 6.54. The highest BCUT2D eigenvalue weighted by atomic mass is 16.5. The molecule has 28 heavy (non-hydrogen) atoms. The summed E-state index contributed by atoms with van der Waals surface area (Å²) in [6.45, 7) is 10.4. The third-order valence-corrected chi connectivity index (χ3v) is 5.11. The van der Waals surface area contributed by atoms with Gasteiger partial charge in [-0.3, -0.25) is 4.90 Å². The molecule has 0 spiro atoms. The van der Waals surface area contributed by atoms with Crippen LogP contribution in [0.5, 0.6) is 11.5 Å². The molecule has 0 unspecified atom stereocenters. The van der Waals surface area contributed by atoms with Crippen LogP contribution in [0, 0.1) is 0 Å². The molecule has 0 aromatic heterocycles. The normalized spacial score (nSPS) is 16.2. The fourth-order valence-electron chi connectivity index (χ4n) is 3.33. The molecule has 1 aromatic rings. The molecular weight excluding hydrogens is 360 g/mol. The summed E-state index contributed by atoms with van der Waals surface area (Å²) in [4.78, 5) is 17.3. The SMILES string of the molecule is CCN(CC)C[C@H](O)COc1ccc(CN2CCN(C(N)=O)CC2)cc1OC. The Balaban J connectivity index is 1.88. The Kier molecular flexibility index (Phi) is 8.82. The van der Waals surface area contributed by atoms with E-state index in [4.69, 9.17) is 15.2 Å². The molecule has 1 aromatic carbocycles. The lowest BCUT2D eigenvalue weighted by atomic mass is 10.1. The number of hydrogen-bond donors (Lipinski definition) is 2. The second-order valence-corrected chi connectivity index (χ2v) is 7.04. The van der Waals surface area contributed by atoms with Gasteiger partial charge in [-0.05, 0) is 30.8 Å². The predicted octanol–water partition coefficient (Wildman–Crippen LogP) is 0.973. The molecule has 1 atom stereocenters. The number of hydrogen-bond acceptors (Lipinski definition) is 6. The van der Waals surface area contributed by atoms with E-state index in [1.165, 1.54) is 0 Å². The number of primary amides is 1. The van der Waals surface area contributed by atoms with E-state index in [0.717, 1.165) is 38.3 Å². The first-order valence-electron chi connectivity index (χ1n) is 9.93. The van der Waals surface area contributed by atoms with Crippen molar-refractivity contribution < 1.29 is 19.4 Å². The van der Waals surface area contributed by atoms with Gasteiger partial charge in [0.05, 0.1) is 7.11 Å². The Morgan fingerprint density at radius 1 is 1.21 bits per heavy atom. The largest absolute Gasteiger partial charge is 0.493 e. The zero-order valence-electron chi connectivity index (χ0n) is 17.3. The van der Waals surface area contributed by atoms with Gasteiger partial charge in [0.25, 0.3) is 0 Å². The first-order chi connectivity index (χ1) is 13.5. The lowest BCUT2D eigenvalue weighted by molar-refractivity contribution is 0.0705. The zero-order valence-corrected chi connectivity index (χ0v) is 17.3. The minimum absolute atomic E-state index is 0.223. The van der Waals surface area contributed by atoms with Crippen molar-refractivity contribution in [2.75, 3.05) is 59.5 Å². The number of aliphatic hydroxyl groups excluding tert-OH is 1. The molecule has 158 valence electrons. The van der Waals surface area contributed by atoms with Crippen LogP contribution in [-0.2, 0) is 6.54 Å². The van der Waals surface area contributed by atoms with E-state index in [9.17, 15) is 9.90 Å². The Morgan fingerprint density at radius 2 is 1.89 bits per heavy atom. The second-order valence-electron chi connectivity index (χ2n) is 7.04. The summed E-state index contributed by atoms with van der Waals surface area (Å²) < 4.78 is 11.3. The topological polar surface area (TPSA) is 91.5 Å². The van der Waals surface area contributed by atoms with Gasteiger partial charge in [-0.2, -0.15) is 0 Å². The molecule has 3 N–H and O–H groups in total. The summed E-state index contributed by atoms with van der Waals surface area (Å²) in [5.74, 6) is 1.28. The van der Waals surface area contributed by atoms with Crippen molar-refractivity contribution in [2.45, 2.75) is 26.5 Å². The maximum Gasteiger partial charge on any atom is 0.314 e. The lowest BCUT2D eigenvalue weighted by Crippen LogP contribution is -2.50. The highest BCUT2D eigenvalue weighted by molar-refractivity contribution is 5.72. The number of rotatable bonds is 10. The summed E-state index contributed by atoms with van der Waals surface area (Å²) in [5, 5.41) is 10.2. The molecule has 8 nitrogen and oxygen atoms in total. The summed E-state index contributed by atoms with van der Waals surface area (Å²) in [6, 6.07) is 5.51. The van der Waals surface area contributed by atoms with E-state index in [0.29, 0.717) is 31.1 Å². The van der Waals surface area contributed by atoms with Gasteiger partial charge in [0.2, 0.25) is 0 Å². The van der Waals surface area contributed by atoms with Crippen molar-refractivity contribution in [2.24, 2.45) is 5.73 Å². The quantitative estimate of drug-likeness (QED) is 0.615. The minimum Gasteiger partial charge on any atom is -0.493 e. The van der Waals surface area contributed by atoms with Crippen LogP contribution in [0.3, 0.4) is 0 Å². The summed E-state index contributed by atoms with van der Waals surface area (Å²) >= 11 is 0. The zero-order chi connectivity index (χ0) is 20.5. The number of piperazine rings is 1. The van der Waals surface area contributed by atoms with E-state index < -0.39 is 6.10 Å². The number of urea groups is 1. The molecule has 8 heteroatoms. The highest BCUT2D eigenvalue weighted by Crippen LogP contribution is 2.29. The first-order valence-corrected chi connectivity index (χ1v) is 9.93. The van der Waals surface area contributed by atoms with Crippen LogP contribution < -0.4 is 15.2 Å². The standard InChI is InChI=1S/C20H34N4O4/c1-4-22(5-2)14-17(25)15-28-18-7-6-16(12-19(18)27-3)13-23-8-10-24(11-9-23)20(21)26/h6-7,12,17,25H,4-5,8-11,13-15H2,1-3H3,(H2,21,26)/t17-/m0/s1. The molecule has 1 aliphatic rings. The number of methoxy groups -OCH3 is 1. The fraction of sp³-hybridized carbons (Fsp3) is 0.650. The maximum absolute atomic E-state index is 11.2. The number of carbonyl (C=O) groups is 1. The number of likely N-dealkylation sites (N-methyl/N-ethyl adjacent to an activating group) is 1. The molecule has 1 heterocycles. The Bertz CT molecular complexity index is 616. The number of aliphatic hydroxyl groups is 1. The van der Waals surface area contributed by atoms with E-state index in [-0.39, 0.29) is 12.6 Å². The number of amides is 2. The van der Waals surface area contributed by atoms with Crippen molar-refractivity contribution in [3.8, 4) is 11.5 Å². The highest BCUT2D eigenvalue weighted by Gasteiger charge is 2.19. The smallest absolute Gasteiger partial charge is 0.314 e. The average Bonchev–Trinajstić information content (AvgIpc) is 2.71. The maximum atomic E-state index is 11.2. The molecule has 0 aliphatic carbocycles. The summed E-state index contributed by atoms with van der Waals surface area (Å²) in [7, 11) is 1.62. The molecule has 0 bridgehead atoms. The Labute approximate surface area is 167 Å². The van der Waals surface area contributed by atoms with Crippen molar-refractivity contribution >= 4 is 6.03 Å². The van der Waals surface area contributed by atoms with Crippen molar-refractivity contribution in [3.63, 3.8) is 0 Å². The predicted molar refractivity (Wildman–Crippen MR) is 109 cm³/mol. The summed E-state index contributed by atoms with van der Waals surface area (Å²) in [5.41, 5.74) is 6.44. The second kappa shape index (κ2) is 11.1. The van der Waals surface area contributed by atoms with Gasteiger partial charge >= 0.3 is 6.03 Å². The fourth-order valence-corrected chi connectivity index (χ4v) is 3.33. The first kappa shape index (κ1) is 22.3. The van der Waals surface area contributed by atoms with Crippen LogP contribution in [0.15, 0.2) is 18.2 Å². The lowest BCUT2D eigenvalue weighted by Gasteiger charge is -2.33. The van der Waals surface area contributed by atoms with Gasteiger partial charge in [-0.1, -0.05) is 19.9 Å². The molecule has 2 amide bonds. The molecule has 0 radical (unpaired) electrons. The Morgan fingerprint density at radius 3 is 2.46 bits per heavy atom. The van der Waals surface area contributed by atoms with E-state index in [2.05, 4.69) is 23.6 Å². The van der Waals surface area contributed by atoms with Crippen LogP contribution >= 0.6 is 0 Å². The molecule has 1 saturated heterocycles. The molecule has 1 aliphatic heterocycles. The van der Waals surface area contributed by atoms with Crippen LogP contribution in [-0.4, -0.2) is 91.5 Å². The van der Waals surface area contributed by atoms with Crippen molar-refractivity contribution in [1.82, 2.24) is 14.7 Å². The van der Waals surface area contributed by atoms with Gasteiger partial charge in [-0.25, -0.2) is 4.79 Å². The molecular formula is C20H34N4O4. The average molecular weight is 395 g/mol.